The Hall–Kier alpha value is -4.47. The number of hydrogen-bond donors (Lipinski definition) is 1. The molecule has 3 aromatic carbocycles. The zero-order chi connectivity index (χ0) is 26.6. The predicted molar refractivity (Wildman–Crippen MR) is 133 cm³/mol. The molecule has 0 unspecified atom stereocenters. The zero-order valence-corrected chi connectivity index (χ0v) is 19.7. The average Bonchev–Trinajstić information content (AvgIpc) is 2.88. The zero-order valence-electron chi connectivity index (χ0n) is 19.7. The number of aromatic nitrogens is 1. The number of Topliss-reactive ketones (excluding diaryl/α,β-unsaturated/α-hetero) is 1. The molecule has 1 fully saturated rings. The van der Waals surface area contributed by atoms with Gasteiger partial charge in [-0.1, -0.05) is 12.1 Å². The van der Waals surface area contributed by atoms with Crippen LogP contribution in [0.25, 0.3) is 22.0 Å². The number of anilines is 1. The lowest BCUT2D eigenvalue weighted by Crippen LogP contribution is -2.47. The van der Waals surface area contributed by atoms with Crippen LogP contribution in [-0.4, -0.2) is 29.8 Å². The van der Waals surface area contributed by atoms with E-state index in [1.807, 2.05) is 6.07 Å². The SMILES string of the molecule is O=C1CC(c2c(C(=O)NN3CCOc4ccccc43)cnc3c(-c4cc(F)cc(F)c4F)c(F)ccc23)C1.[HH]. The van der Waals surface area contributed by atoms with Crippen molar-refractivity contribution in [1.29, 1.82) is 0 Å². The molecule has 1 aliphatic heterocycles. The lowest BCUT2D eigenvalue weighted by atomic mass is 9.75. The summed E-state index contributed by atoms with van der Waals surface area (Å²) in [5.41, 5.74) is 2.97. The van der Waals surface area contributed by atoms with Gasteiger partial charge >= 0.3 is 0 Å². The van der Waals surface area contributed by atoms with Gasteiger partial charge in [0.25, 0.3) is 5.91 Å². The van der Waals surface area contributed by atoms with Gasteiger partial charge in [0.2, 0.25) is 0 Å². The van der Waals surface area contributed by atoms with Crippen molar-refractivity contribution in [2.75, 3.05) is 18.2 Å². The van der Waals surface area contributed by atoms with E-state index in [9.17, 15) is 22.8 Å². The summed E-state index contributed by atoms with van der Waals surface area (Å²) < 4.78 is 63.4. The van der Waals surface area contributed by atoms with Crippen LogP contribution in [0.3, 0.4) is 0 Å². The average molecular weight is 523 g/mol. The highest BCUT2D eigenvalue weighted by atomic mass is 19.2. The number of fused-ring (bicyclic) bond motifs is 2. The van der Waals surface area contributed by atoms with Gasteiger partial charge in [-0.25, -0.2) is 17.6 Å². The van der Waals surface area contributed by atoms with Crippen molar-refractivity contribution in [1.82, 2.24) is 10.4 Å². The smallest absolute Gasteiger partial charge is 0.271 e. The molecule has 6 nitrogen and oxygen atoms in total. The molecule has 1 saturated carbocycles. The third kappa shape index (κ3) is 3.93. The summed E-state index contributed by atoms with van der Waals surface area (Å²) in [5, 5.41) is 1.93. The number of hydrogen-bond acceptors (Lipinski definition) is 5. The maximum atomic E-state index is 15.0. The first-order chi connectivity index (χ1) is 18.3. The Bertz CT molecular complexity index is 1640. The number of nitrogens with zero attached hydrogens (tertiary/aromatic N) is 2. The second-order valence-corrected chi connectivity index (χ2v) is 9.21. The second kappa shape index (κ2) is 9.13. The van der Waals surface area contributed by atoms with Gasteiger partial charge in [-0.3, -0.25) is 25.0 Å². The molecule has 1 aromatic heterocycles. The third-order valence-corrected chi connectivity index (χ3v) is 6.86. The normalized spacial score (nSPS) is 15.2. The first kappa shape index (κ1) is 23.9. The van der Waals surface area contributed by atoms with Crippen molar-refractivity contribution in [2.45, 2.75) is 18.8 Å². The minimum Gasteiger partial charge on any atom is -0.489 e. The minimum absolute atomic E-state index is 0. The summed E-state index contributed by atoms with van der Waals surface area (Å²) in [5.74, 6) is -5.19. The molecular formula is C28H21F4N3O3. The minimum atomic E-state index is -1.47. The van der Waals surface area contributed by atoms with Gasteiger partial charge in [-0.05, 0) is 41.8 Å². The van der Waals surface area contributed by atoms with Crippen molar-refractivity contribution >= 4 is 28.3 Å². The Labute approximate surface area is 215 Å². The molecule has 194 valence electrons. The van der Waals surface area contributed by atoms with Crippen LogP contribution < -0.4 is 15.2 Å². The maximum Gasteiger partial charge on any atom is 0.271 e. The molecule has 0 spiro atoms. The van der Waals surface area contributed by atoms with Gasteiger partial charge in [-0.2, -0.15) is 0 Å². The van der Waals surface area contributed by atoms with E-state index in [2.05, 4.69) is 10.4 Å². The lowest BCUT2D eigenvalue weighted by molar-refractivity contribution is -0.124. The number of ketones is 1. The topological polar surface area (TPSA) is 71.5 Å². The van der Waals surface area contributed by atoms with Gasteiger partial charge in [0.15, 0.2) is 11.6 Å². The van der Waals surface area contributed by atoms with E-state index < -0.39 is 40.3 Å². The summed E-state index contributed by atoms with van der Waals surface area (Å²) in [6.07, 6.45) is 1.55. The fraction of sp³-hybridized carbons (Fsp3) is 0.179. The highest BCUT2D eigenvalue weighted by molar-refractivity contribution is 6.05. The highest BCUT2D eigenvalue weighted by Crippen LogP contribution is 2.42. The van der Waals surface area contributed by atoms with Crippen LogP contribution in [0.2, 0.25) is 0 Å². The molecule has 2 heterocycles. The van der Waals surface area contributed by atoms with E-state index in [-0.39, 0.29) is 42.4 Å². The van der Waals surface area contributed by atoms with Crippen molar-refractivity contribution in [3.63, 3.8) is 0 Å². The monoisotopic (exact) mass is 523 g/mol. The van der Waals surface area contributed by atoms with E-state index in [1.54, 1.807) is 23.2 Å². The number of rotatable bonds is 4. The number of hydrazine groups is 1. The molecule has 10 heteroatoms. The van der Waals surface area contributed by atoms with Crippen molar-refractivity contribution in [3.05, 3.63) is 89.1 Å². The Kier molecular flexibility index (Phi) is 5.74. The number of carbonyl (C=O) groups excluding carboxylic acids is 2. The lowest BCUT2D eigenvalue weighted by Gasteiger charge is -2.32. The summed E-state index contributed by atoms with van der Waals surface area (Å²) in [4.78, 5) is 29.7. The Balaban J connectivity index is 0.00000308. The van der Waals surface area contributed by atoms with Gasteiger partial charge in [0.05, 0.1) is 23.3 Å². The van der Waals surface area contributed by atoms with Gasteiger partial charge in [0.1, 0.15) is 29.8 Å². The number of amides is 1. The molecule has 2 aliphatic rings. The first-order valence-electron chi connectivity index (χ1n) is 11.9. The van der Waals surface area contributed by atoms with Crippen molar-refractivity contribution in [3.8, 4) is 16.9 Å². The fourth-order valence-electron chi connectivity index (χ4n) is 5.04. The third-order valence-electron chi connectivity index (χ3n) is 6.86. The molecule has 0 radical (unpaired) electrons. The summed E-state index contributed by atoms with van der Waals surface area (Å²) in [7, 11) is 0. The Morgan fingerprint density at radius 3 is 2.63 bits per heavy atom. The van der Waals surface area contributed by atoms with Crippen LogP contribution in [0.5, 0.6) is 5.75 Å². The number of ether oxygens (including phenoxy) is 1. The fourth-order valence-corrected chi connectivity index (χ4v) is 5.04. The number of carbonyl (C=O) groups is 2. The quantitative estimate of drug-likeness (QED) is 0.275. The number of nitrogens with one attached hydrogen (secondary N) is 1. The molecule has 4 aromatic rings. The van der Waals surface area contributed by atoms with Crippen LogP contribution in [0.4, 0.5) is 23.2 Å². The van der Waals surface area contributed by atoms with E-state index in [1.165, 1.54) is 12.3 Å². The summed E-state index contributed by atoms with van der Waals surface area (Å²) in [6.45, 7) is 0.719. The highest BCUT2D eigenvalue weighted by Gasteiger charge is 2.34. The molecule has 6 rings (SSSR count). The molecule has 0 bridgehead atoms. The molecule has 1 amide bonds. The number of benzene rings is 3. The Morgan fingerprint density at radius 2 is 1.84 bits per heavy atom. The standard InChI is InChI=1S/C28H19F4N3O3.H2/c29-15-11-18(26(32)21(31)12-15)25-20(30)6-5-17-24(14-9-16(36)10-14)19(13-33-27(17)25)28(37)34-35-7-8-38-23-4-2-1-3-22(23)35;/h1-6,11-14H,7-10H2,(H,34,37);1H. The van der Waals surface area contributed by atoms with E-state index in [4.69, 9.17) is 4.74 Å². The van der Waals surface area contributed by atoms with Crippen LogP contribution >= 0.6 is 0 Å². The maximum absolute atomic E-state index is 15.0. The van der Waals surface area contributed by atoms with Crippen molar-refractivity contribution in [2.24, 2.45) is 0 Å². The van der Waals surface area contributed by atoms with Crippen LogP contribution in [0, 0.1) is 23.3 Å². The molecule has 0 atom stereocenters. The molecule has 1 aliphatic carbocycles. The summed E-state index contributed by atoms with van der Waals surface area (Å²) in [6, 6.07) is 10.7. The van der Waals surface area contributed by atoms with Gasteiger partial charge in [0, 0.05) is 43.0 Å². The summed E-state index contributed by atoms with van der Waals surface area (Å²) >= 11 is 0. The van der Waals surface area contributed by atoms with Crippen LogP contribution in [0.1, 0.15) is 36.1 Å². The number of pyridine rings is 1. The first-order valence-corrected chi connectivity index (χ1v) is 11.9. The van der Waals surface area contributed by atoms with Gasteiger partial charge < -0.3 is 4.74 Å². The second-order valence-electron chi connectivity index (χ2n) is 9.21. The molecular weight excluding hydrogens is 502 g/mol. The Morgan fingerprint density at radius 1 is 1.05 bits per heavy atom. The van der Waals surface area contributed by atoms with Crippen molar-refractivity contribution < 1.29 is 33.3 Å². The predicted octanol–water partition coefficient (Wildman–Crippen LogP) is 5.69. The van der Waals surface area contributed by atoms with Gasteiger partial charge in [-0.15, -0.1) is 0 Å². The van der Waals surface area contributed by atoms with E-state index >= 15 is 4.39 Å². The molecule has 0 saturated heterocycles. The molecule has 1 N–H and O–H groups in total. The van der Waals surface area contributed by atoms with E-state index in [0.29, 0.717) is 42.3 Å². The number of halogens is 4. The van der Waals surface area contributed by atoms with Crippen LogP contribution in [-0.2, 0) is 4.79 Å². The van der Waals surface area contributed by atoms with E-state index in [0.717, 1.165) is 6.07 Å². The van der Waals surface area contributed by atoms with Crippen LogP contribution in [0.15, 0.2) is 54.7 Å². The molecule has 38 heavy (non-hydrogen) atoms. The number of para-hydroxylation sites is 2. The largest absolute Gasteiger partial charge is 0.489 e.